The molecule has 0 fully saturated rings. The SMILES string of the molecule is CCCCCCC(C/C=C\CCCCCCCC(=O)OCC(COC(=O)CCCCCCC/C=C/CC(CCCCCC)OC(=O)Nc1ccc(C)c(N=C=O)c1)OC(=O)CCCCCCC/C=C\CC(CCCCCC)OCNc1ccc(C)c(N=C=O)c1)OCNc1ccc(C)c(N=C=O)c1. The van der Waals surface area contributed by atoms with Crippen molar-refractivity contribution in [2.24, 2.45) is 15.0 Å². The zero-order chi connectivity index (χ0) is 74.4. The molecule has 0 aromatic heterocycles. The summed E-state index contributed by atoms with van der Waals surface area (Å²) in [7, 11) is 0. The number of rotatable bonds is 63. The molecule has 103 heavy (non-hydrogen) atoms. The maximum atomic E-state index is 13.2. The van der Waals surface area contributed by atoms with Gasteiger partial charge in [0.2, 0.25) is 18.2 Å². The lowest BCUT2D eigenvalue weighted by Crippen LogP contribution is -2.30. The fourth-order valence-electron chi connectivity index (χ4n) is 11.7. The van der Waals surface area contributed by atoms with Crippen LogP contribution in [-0.2, 0) is 57.2 Å². The standard InChI is InChI=1S/C84H126N6O13/c1-7-10-13-34-43-74(100-66-88-71-55-52-68(4)78(58-71)85-63-91)45-37-28-22-16-19-25-31-40-49-81(94)98-61-77(102-83(96)51-42-33-27-21-17-23-29-38-46-75(44-35-14-11-8-2)101-67-89-72-56-53-69(5)79(59-72)86-64-92)62-99-82(95)50-41-32-26-20-18-24-30-39-48-76(47-36-15-12-9-3)103-84(97)90-73-57-54-70(6)80(60-73)87-65-93/h28-30,37-39,52-60,74-77,88-89H,7-27,31-36,40-51,61-62,66-67H2,1-6H3,(H,90,97)/b37-28-,38-29-,39-30+. The second-order valence-electron chi connectivity index (χ2n) is 27.1. The fraction of sp³-hybridized carbons (Fsp3) is 0.631. The molecule has 0 heterocycles. The van der Waals surface area contributed by atoms with Crippen LogP contribution in [0.2, 0.25) is 0 Å². The Balaban J connectivity index is 1.42. The van der Waals surface area contributed by atoms with Crippen LogP contribution in [0.1, 0.15) is 288 Å². The van der Waals surface area contributed by atoms with Crippen LogP contribution >= 0.6 is 0 Å². The van der Waals surface area contributed by atoms with Gasteiger partial charge in [-0.25, -0.2) is 19.2 Å². The number of aliphatic imine (C=N–C) groups is 3. The molecule has 0 spiro atoms. The van der Waals surface area contributed by atoms with Gasteiger partial charge in [0.25, 0.3) is 0 Å². The van der Waals surface area contributed by atoms with Gasteiger partial charge in [-0.05, 0) is 170 Å². The highest BCUT2D eigenvalue weighted by atomic mass is 16.6. The lowest BCUT2D eigenvalue weighted by molar-refractivity contribution is -0.167. The molecule has 0 aliphatic carbocycles. The second-order valence-corrected chi connectivity index (χ2v) is 27.1. The minimum absolute atomic E-state index is 0.0931. The van der Waals surface area contributed by atoms with E-state index in [0.29, 0.717) is 61.9 Å². The maximum Gasteiger partial charge on any atom is 0.411 e. The number of carbonyl (C=O) groups excluding carboxylic acids is 7. The number of nitrogens with zero attached hydrogens (tertiary/aromatic N) is 3. The van der Waals surface area contributed by atoms with Crippen LogP contribution in [-0.4, -0.2) is 93.3 Å². The minimum Gasteiger partial charge on any atom is -0.462 e. The summed E-state index contributed by atoms with van der Waals surface area (Å²) in [4.78, 5) is 96.0. The van der Waals surface area contributed by atoms with Gasteiger partial charge in [-0.3, -0.25) is 19.7 Å². The van der Waals surface area contributed by atoms with Crippen LogP contribution in [0.15, 0.2) is 106 Å². The van der Waals surface area contributed by atoms with Crippen LogP contribution in [0, 0.1) is 20.8 Å². The number of amides is 1. The minimum atomic E-state index is -0.910. The highest BCUT2D eigenvalue weighted by Gasteiger charge is 2.21. The average Bonchev–Trinajstić information content (AvgIpc) is 0.891. The summed E-state index contributed by atoms with van der Waals surface area (Å²) in [6, 6.07) is 16.5. The number of anilines is 3. The number of unbranched alkanes of at least 4 members (excludes halogenated alkanes) is 24. The first-order valence-electron chi connectivity index (χ1n) is 39.0. The molecule has 4 unspecified atom stereocenters. The number of nitrogens with one attached hydrogen (secondary N) is 3. The topological polar surface area (TPSA) is 248 Å². The van der Waals surface area contributed by atoms with Crippen LogP contribution in [0.3, 0.4) is 0 Å². The van der Waals surface area contributed by atoms with E-state index >= 15 is 0 Å². The maximum absolute atomic E-state index is 13.2. The lowest BCUT2D eigenvalue weighted by Gasteiger charge is -2.18. The Morgan fingerprint density at radius 3 is 1.13 bits per heavy atom. The number of hydrogen-bond donors (Lipinski definition) is 3. The van der Waals surface area contributed by atoms with Crippen molar-refractivity contribution in [3.05, 3.63) is 108 Å². The quantitative estimate of drug-likeness (QED) is 0.00904. The normalized spacial score (nSPS) is 12.4. The van der Waals surface area contributed by atoms with Crippen molar-refractivity contribution in [1.82, 2.24) is 0 Å². The van der Waals surface area contributed by atoms with E-state index in [2.05, 4.69) is 88.2 Å². The van der Waals surface area contributed by atoms with E-state index in [-0.39, 0.29) is 62.7 Å². The first-order chi connectivity index (χ1) is 50.3. The molecule has 0 aliphatic rings. The average molecular weight is 1430 g/mol. The Kier molecular flexibility index (Phi) is 52.6. The number of benzene rings is 3. The zero-order valence-corrected chi connectivity index (χ0v) is 63.5. The lowest BCUT2D eigenvalue weighted by atomic mass is 10.1. The Bertz CT molecular complexity index is 3060. The van der Waals surface area contributed by atoms with Gasteiger partial charge < -0.3 is 39.1 Å². The van der Waals surface area contributed by atoms with Gasteiger partial charge in [-0.1, -0.05) is 204 Å². The van der Waals surface area contributed by atoms with Gasteiger partial charge in [-0.15, -0.1) is 0 Å². The van der Waals surface area contributed by atoms with Crippen molar-refractivity contribution < 1.29 is 62.0 Å². The van der Waals surface area contributed by atoms with Crippen molar-refractivity contribution >= 4 is 76.4 Å². The second kappa shape index (κ2) is 60.6. The molecule has 3 rings (SSSR count). The molecule has 0 saturated heterocycles. The van der Waals surface area contributed by atoms with Gasteiger partial charge >= 0.3 is 24.0 Å². The summed E-state index contributed by atoms with van der Waals surface area (Å²) in [5.74, 6) is -1.17. The van der Waals surface area contributed by atoms with Gasteiger partial charge in [-0.2, -0.15) is 15.0 Å². The molecule has 3 N–H and O–H groups in total. The fourth-order valence-corrected chi connectivity index (χ4v) is 11.7. The Morgan fingerprint density at radius 1 is 0.388 bits per heavy atom. The highest BCUT2D eigenvalue weighted by molar-refractivity contribution is 5.85. The third kappa shape index (κ3) is 46.5. The van der Waals surface area contributed by atoms with E-state index in [1.54, 1.807) is 36.4 Å². The molecule has 570 valence electrons. The highest BCUT2D eigenvalue weighted by Crippen LogP contribution is 2.27. The smallest absolute Gasteiger partial charge is 0.411 e. The van der Waals surface area contributed by atoms with E-state index in [1.807, 2.05) is 57.2 Å². The molecule has 19 nitrogen and oxygen atoms in total. The van der Waals surface area contributed by atoms with E-state index < -0.39 is 18.2 Å². The van der Waals surface area contributed by atoms with Gasteiger partial charge in [0.15, 0.2) is 6.10 Å². The third-order valence-corrected chi connectivity index (χ3v) is 18.1. The predicted molar refractivity (Wildman–Crippen MR) is 414 cm³/mol. The van der Waals surface area contributed by atoms with Crippen LogP contribution in [0.25, 0.3) is 0 Å². The first-order valence-corrected chi connectivity index (χ1v) is 39.0. The number of carbonyl (C=O) groups is 4. The van der Waals surface area contributed by atoms with Crippen molar-refractivity contribution in [1.29, 1.82) is 0 Å². The van der Waals surface area contributed by atoms with Crippen LogP contribution < -0.4 is 16.0 Å². The molecule has 0 radical (unpaired) electrons. The number of isocyanates is 3. The molecule has 1 amide bonds. The Labute approximate surface area is 617 Å². The van der Waals surface area contributed by atoms with E-state index in [1.165, 1.54) is 38.5 Å². The van der Waals surface area contributed by atoms with E-state index in [0.717, 1.165) is 195 Å². The van der Waals surface area contributed by atoms with Gasteiger partial charge in [0.1, 0.15) is 32.8 Å². The van der Waals surface area contributed by atoms with Crippen LogP contribution in [0.5, 0.6) is 0 Å². The summed E-state index contributed by atoms with van der Waals surface area (Å²) in [5, 5.41) is 9.38. The number of allylic oxidation sites excluding steroid dienone is 3. The number of esters is 3. The zero-order valence-electron chi connectivity index (χ0n) is 63.5. The van der Waals surface area contributed by atoms with Crippen molar-refractivity contribution in [3.63, 3.8) is 0 Å². The summed E-state index contributed by atoms with van der Waals surface area (Å²) in [6.45, 7) is 12.6. The van der Waals surface area contributed by atoms with E-state index in [4.69, 9.17) is 28.4 Å². The largest absolute Gasteiger partial charge is 0.462 e. The summed E-state index contributed by atoms with van der Waals surface area (Å²) in [6.07, 6.45) is 52.3. The molecule has 4 atom stereocenters. The van der Waals surface area contributed by atoms with Gasteiger partial charge in [0, 0.05) is 42.7 Å². The van der Waals surface area contributed by atoms with Crippen LogP contribution in [0.4, 0.5) is 38.9 Å². The summed E-state index contributed by atoms with van der Waals surface area (Å²) in [5.41, 5.74) is 6.39. The Hall–Kier alpha value is -7.78. The molecule has 0 saturated carbocycles. The number of aryl methyl sites for hydroxylation is 3. The summed E-state index contributed by atoms with van der Waals surface area (Å²) < 4.78 is 35.5. The molecule has 0 bridgehead atoms. The molecule has 19 heteroatoms. The molecule has 0 aliphatic heterocycles. The number of hydrogen-bond acceptors (Lipinski definition) is 18. The van der Waals surface area contributed by atoms with Crippen molar-refractivity contribution in [2.45, 2.75) is 316 Å². The molecule has 3 aromatic rings. The van der Waals surface area contributed by atoms with Gasteiger partial charge in [0.05, 0.1) is 29.3 Å². The molecule has 3 aromatic carbocycles. The Morgan fingerprint density at radius 2 is 0.728 bits per heavy atom. The molecular weight excluding hydrogens is 1300 g/mol. The predicted octanol–water partition coefficient (Wildman–Crippen LogP) is 22.3. The monoisotopic (exact) mass is 1430 g/mol. The summed E-state index contributed by atoms with van der Waals surface area (Å²) >= 11 is 0. The van der Waals surface area contributed by atoms with Crippen molar-refractivity contribution in [2.75, 3.05) is 42.6 Å². The van der Waals surface area contributed by atoms with E-state index in [9.17, 15) is 33.6 Å². The number of ether oxygens (including phenoxy) is 6. The van der Waals surface area contributed by atoms with Crippen molar-refractivity contribution in [3.8, 4) is 0 Å². The molecular formula is C84H126N6O13. The first kappa shape index (κ1) is 89.4. The third-order valence-electron chi connectivity index (χ3n) is 18.1.